The van der Waals surface area contributed by atoms with Crippen LogP contribution in [-0.4, -0.2) is 43.1 Å². The second kappa shape index (κ2) is 7.35. The minimum absolute atomic E-state index is 0.356. The summed E-state index contributed by atoms with van der Waals surface area (Å²) in [5, 5.41) is 2.71. The summed E-state index contributed by atoms with van der Waals surface area (Å²) in [7, 11) is -3.40. The number of aryl methyl sites for hydroxylation is 2. The molecule has 7 nitrogen and oxygen atoms in total. The molecule has 1 aliphatic rings. The highest BCUT2D eigenvalue weighted by molar-refractivity contribution is 7.88. The summed E-state index contributed by atoms with van der Waals surface area (Å²) in [4.78, 5) is 20.9. The summed E-state index contributed by atoms with van der Waals surface area (Å²) in [6.45, 7) is 3.90. The Hall–Kier alpha value is -1.54. The van der Waals surface area contributed by atoms with Crippen molar-refractivity contribution < 1.29 is 13.2 Å². The predicted octanol–water partition coefficient (Wildman–Crippen LogP) is 0.260. The van der Waals surface area contributed by atoms with E-state index >= 15 is 0 Å². The van der Waals surface area contributed by atoms with Gasteiger partial charge in [0.1, 0.15) is 5.82 Å². The average Bonchev–Trinajstić information content (AvgIpc) is 2.45. The first-order valence-electron chi connectivity index (χ1n) is 7.86. The molecule has 2 rings (SSSR count). The zero-order valence-corrected chi connectivity index (χ0v) is 14.7. The number of carbonyl (C=O) groups excluding carboxylic acids is 1. The number of carbonyl (C=O) groups is 1. The maximum atomic E-state index is 11.8. The van der Waals surface area contributed by atoms with Gasteiger partial charge in [0.25, 0.3) is 0 Å². The van der Waals surface area contributed by atoms with Crippen LogP contribution in [0.15, 0.2) is 0 Å². The summed E-state index contributed by atoms with van der Waals surface area (Å²) in [6.07, 6.45) is 5.96. The Labute approximate surface area is 137 Å². The fraction of sp³-hybridized carbons (Fsp3) is 0.667. The lowest BCUT2D eigenvalue weighted by Crippen LogP contribution is -2.44. The molecule has 0 spiro atoms. The quantitative estimate of drug-likeness (QED) is 0.773. The van der Waals surface area contributed by atoms with Crippen molar-refractivity contribution in [1.82, 2.24) is 20.0 Å². The molecule has 1 amide bonds. The van der Waals surface area contributed by atoms with Gasteiger partial charge in [0, 0.05) is 24.4 Å². The van der Waals surface area contributed by atoms with Crippen molar-refractivity contribution in [1.29, 1.82) is 0 Å². The van der Waals surface area contributed by atoms with Gasteiger partial charge in [-0.25, -0.2) is 23.1 Å². The number of hydrogen-bond acceptors (Lipinski definition) is 5. The summed E-state index contributed by atoms with van der Waals surface area (Å²) in [5.41, 5.74) is 3.44. The van der Waals surface area contributed by atoms with E-state index in [2.05, 4.69) is 20.0 Å². The molecule has 0 radical (unpaired) electrons. The van der Waals surface area contributed by atoms with E-state index < -0.39 is 16.1 Å². The number of hydrogen-bond donors (Lipinski definition) is 2. The average molecular weight is 340 g/mol. The number of rotatable bonds is 6. The molecule has 1 atom stereocenters. The van der Waals surface area contributed by atoms with E-state index in [0.29, 0.717) is 13.0 Å². The van der Waals surface area contributed by atoms with Crippen LogP contribution >= 0.6 is 0 Å². The molecule has 1 aromatic heterocycles. The summed E-state index contributed by atoms with van der Waals surface area (Å²) in [6, 6.07) is -0.795. The Balaban J connectivity index is 1.89. The molecule has 0 unspecified atom stereocenters. The maximum absolute atomic E-state index is 11.8. The van der Waals surface area contributed by atoms with Crippen LogP contribution in [0.5, 0.6) is 0 Å². The molecule has 0 bridgehead atoms. The zero-order chi connectivity index (χ0) is 17.0. The lowest BCUT2D eigenvalue weighted by Gasteiger charge is -2.17. The van der Waals surface area contributed by atoms with E-state index in [4.69, 9.17) is 0 Å². The van der Waals surface area contributed by atoms with Gasteiger partial charge in [-0.3, -0.25) is 4.79 Å². The number of amides is 1. The highest BCUT2D eigenvalue weighted by atomic mass is 32.2. The van der Waals surface area contributed by atoms with Gasteiger partial charge in [-0.05, 0) is 45.1 Å². The van der Waals surface area contributed by atoms with E-state index in [0.717, 1.165) is 42.7 Å². The monoisotopic (exact) mass is 340 g/mol. The highest BCUT2D eigenvalue weighted by Gasteiger charge is 2.17. The Morgan fingerprint density at radius 3 is 2.65 bits per heavy atom. The van der Waals surface area contributed by atoms with Gasteiger partial charge in [0.15, 0.2) is 0 Å². The van der Waals surface area contributed by atoms with Gasteiger partial charge >= 0.3 is 0 Å². The molecule has 8 heteroatoms. The van der Waals surface area contributed by atoms with E-state index in [1.54, 1.807) is 0 Å². The lowest BCUT2D eigenvalue weighted by molar-refractivity contribution is -0.122. The molecule has 0 aromatic carbocycles. The molecule has 0 aliphatic heterocycles. The van der Waals surface area contributed by atoms with Crippen molar-refractivity contribution >= 4 is 15.9 Å². The van der Waals surface area contributed by atoms with E-state index in [9.17, 15) is 13.2 Å². The molecule has 1 heterocycles. The Bertz CT molecular complexity index is 688. The smallest absolute Gasteiger partial charge is 0.237 e. The van der Waals surface area contributed by atoms with Crippen molar-refractivity contribution in [2.45, 2.75) is 52.0 Å². The van der Waals surface area contributed by atoms with Gasteiger partial charge < -0.3 is 5.32 Å². The third-order valence-corrected chi connectivity index (χ3v) is 4.65. The normalized spacial score (nSPS) is 15.8. The second-order valence-electron chi connectivity index (χ2n) is 6.01. The van der Waals surface area contributed by atoms with Crippen LogP contribution in [0.1, 0.15) is 42.5 Å². The maximum Gasteiger partial charge on any atom is 0.237 e. The van der Waals surface area contributed by atoms with Crippen LogP contribution in [-0.2, 0) is 34.1 Å². The number of sulfonamides is 1. The largest absolute Gasteiger partial charge is 0.354 e. The van der Waals surface area contributed by atoms with Gasteiger partial charge in [-0.1, -0.05) is 0 Å². The number of nitrogens with one attached hydrogen (secondary N) is 2. The van der Waals surface area contributed by atoms with Crippen LogP contribution < -0.4 is 10.0 Å². The second-order valence-corrected chi connectivity index (χ2v) is 7.79. The molecule has 128 valence electrons. The Morgan fingerprint density at radius 1 is 1.26 bits per heavy atom. The van der Waals surface area contributed by atoms with Crippen LogP contribution in [0.2, 0.25) is 0 Å². The molecule has 0 saturated carbocycles. The van der Waals surface area contributed by atoms with Crippen LogP contribution in [0.25, 0.3) is 0 Å². The summed E-state index contributed by atoms with van der Waals surface area (Å²) in [5.74, 6) is 0.372. The minimum Gasteiger partial charge on any atom is -0.354 e. The third-order valence-electron chi connectivity index (χ3n) is 3.87. The summed E-state index contributed by atoms with van der Waals surface area (Å²) < 4.78 is 24.5. The Morgan fingerprint density at radius 2 is 1.96 bits per heavy atom. The molecular weight excluding hydrogens is 316 g/mol. The molecule has 0 saturated heterocycles. The third kappa shape index (κ3) is 5.24. The molecule has 1 aromatic rings. The van der Waals surface area contributed by atoms with Crippen molar-refractivity contribution in [3.8, 4) is 0 Å². The van der Waals surface area contributed by atoms with Crippen LogP contribution in [0.3, 0.4) is 0 Å². The standard InChI is InChI=1S/C15H24N4O3S/c1-10-12-6-4-5-7-13(12)18-14(17-10)8-9-16-15(20)11(2)19-23(3,21)22/h11,19H,4-9H2,1-3H3,(H,16,20)/t11-/m0/s1. The number of nitrogens with zero attached hydrogens (tertiary/aromatic N) is 2. The molecule has 23 heavy (non-hydrogen) atoms. The lowest BCUT2D eigenvalue weighted by atomic mass is 9.95. The van der Waals surface area contributed by atoms with Gasteiger partial charge in [0.05, 0.1) is 12.3 Å². The van der Waals surface area contributed by atoms with Gasteiger partial charge in [-0.2, -0.15) is 0 Å². The van der Waals surface area contributed by atoms with Crippen LogP contribution in [0.4, 0.5) is 0 Å². The van der Waals surface area contributed by atoms with Crippen molar-refractivity contribution in [3.05, 3.63) is 22.8 Å². The first-order chi connectivity index (χ1) is 10.8. The Kier molecular flexibility index (Phi) is 5.69. The highest BCUT2D eigenvalue weighted by Crippen LogP contribution is 2.21. The van der Waals surface area contributed by atoms with E-state index in [-0.39, 0.29) is 5.91 Å². The first-order valence-corrected chi connectivity index (χ1v) is 9.75. The minimum atomic E-state index is -3.40. The fourth-order valence-electron chi connectivity index (χ4n) is 2.78. The fourth-order valence-corrected chi connectivity index (χ4v) is 3.53. The summed E-state index contributed by atoms with van der Waals surface area (Å²) >= 11 is 0. The number of aromatic nitrogens is 2. The van der Waals surface area contributed by atoms with Crippen LogP contribution in [0, 0.1) is 6.92 Å². The van der Waals surface area contributed by atoms with Gasteiger partial charge in [-0.15, -0.1) is 0 Å². The molecule has 0 fully saturated rings. The van der Waals surface area contributed by atoms with E-state index in [1.807, 2.05) is 6.92 Å². The molecule has 2 N–H and O–H groups in total. The molecular formula is C15H24N4O3S. The zero-order valence-electron chi connectivity index (χ0n) is 13.8. The first kappa shape index (κ1) is 17.8. The van der Waals surface area contributed by atoms with E-state index in [1.165, 1.54) is 18.9 Å². The van der Waals surface area contributed by atoms with Crippen molar-refractivity contribution in [3.63, 3.8) is 0 Å². The van der Waals surface area contributed by atoms with Gasteiger partial charge in [0.2, 0.25) is 15.9 Å². The topological polar surface area (TPSA) is 101 Å². The number of fused-ring (bicyclic) bond motifs is 1. The van der Waals surface area contributed by atoms with Crippen molar-refractivity contribution in [2.75, 3.05) is 12.8 Å². The predicted molar refractivity (Wildman–Crippen MR) is 87.6 cm³/mol. The van der Waals surface area contributed by atoms with Crippen molar-refractivity contribution in [2.24, 2.45) is 0 Å². The molecule has 1 aliphatic carbocycles. The SMILES string of the molecule is Cc1nc(CCNC(=O)[C@H](C)NS(C)(=O)=O)nc2c1CCCC2.